The summed E-state index contributed by atoms with van der Waals surface area (Å²) in [5, 5.41) is 0. The van der Waals surface area contributed by atoms with Crippen LogP contribution in [0.3, 0.4) is 0 Å². The van der Waals surface area contributed by atoms with Crippen LogP contribution in [-0.2, 0) is 4.74 Å². The molecule has 0 radical (unpaired) electrons. The van der Waals surface area contributed by atoms with E-state index in [9.17, 15) is 0 Å². The third-order valence-corrected chi connectivity index (χ3v) is 6.24. The van der Waals surface area contributed by atoms with Crippen molar-refractivity contribution in [3.63, 3.8) is 0 Å². The molecule has 0 aliphatic carbocycles. The van der Waals surface area contributed by atoms with E-state index in [2.05, 4.69) is 27.7 Å². The topological polar surface area (TPSA) is 9.23 Å². The first-order valence-corrected chi connectivity index (χ1v) is 14.9. The molecule has 0 fully saturated rings. The zero-order chi connectivity index (χ0) is 23.1. The van der Waals surface area contributed by atoms with Gasteiger partial charge in [0.25, 0.3) is 0 Å². The molecule has 0 unspecified atom stereocenters. The molecule has 190 valence electrons. The van der Waals surface area contributed by atoms with Crippen molar-refractivity contribution in [1.82, 2.24) is 0 Å². The second-order valence-electron chi connectivity index (χ2n) is 9.68. The molecule has 0 heterocycles. The highest BCUT2D eigenvalue weighted by Crippen LogP contribution is 2.10. The van der Waals surface area contributed by atoms with E-state index in [1.165, 1.54) is 154 Å². The van der Waals surface area contributed by atoms with Crippen molar-refractivity contribution < 1.29 is 4.74 Å². The van der Waals surface area contributed by atoms with Crippen LogP contribution in [-0.4, -0.2) is 13.2 Å². The number of hydrogen-bond acceptors (Lipinski definition) is 1. The van der Waals surface area contributed by atoms with E-state index < -0.39 is 0 Å². The predicted molar refractivity (Wildman–Crippen MR) is 144 cm³/mol. The fraction of sp³-hybridized carbons (Fsp3) is 1.00. The second kappa shape index (κ2) is 34.6. The molecular weight excluding hydrogens is 376 g/mol. The summed E-state index contributed by atoms with van der Waals surface area (Å²) in [4.78, 5) is 0. The molecule has 0 aliphatic rings. The molecular formula is C30H64O. The smallest absolute Gasteiger partial charge is 0.0466 e. The van der Waals surface area contributed by atoms with E-state index >= 15 is 0 Å². The van der Waals surface area contributed by atoms with Crippen LogP contribution in [0.4, 0.5) is 0 Å². The monoisotopic (exact) mass is 440 g/mol. The highest BCUT2D eigenvalue weighted by molar-refractivity contribution is 4.48. The van der Waals surface area contributed by atoms with E-state index in [1.54, 1.807) is 0 Å². The Hall–Kier alpha value is -0.0400. The van der Waals surface area contributed by atoms with Gasteiger partial charge in [-0.2, -0.15) is 0 Å². The first-order chi connectivity index (χ1) is 15.3. The summed E-state index contributed by atoms with van der Waals surface area (Å²) in [6, 6.07) is 0. The lowest BCUT2D eigenvalue weighted by atomic mass is 10.1. The fourth-order valence-corrected chi connectivity index (χ4v) is 3.99. The van der Waals surface area contributed by atoms with Gasteiger partial charge in [0.05, 0.1) is 0 Å². The molecule has 0 N–H and O–H groups in total. The molecule has 0 atom stereocenters. The first-order valence-electron chi connectivity index (χ1n) is 14.9. The third kappa shape index (κ3) is 37.6. The highest BCUT2D eigenvalue weighted by atomic mass is 16.5. The minimum atomic E-state index is 0.992. The van der Waals surface area contributed by atoms with Crippen LogP contribution in [0.5, 0.6) is 0 Å². The van der Waals surface area contributed by atoms with Crippen molar-refractivity contribution in [1.29, 1.82) is 0 Å². The maximum Gasteiger partial charge on any atom is 0.0466 e. The van der Waals surface area contributed by atoms with E-state index in [4.69, 9.17) is 4.74 Å². The molecule has 31 heavy (non-hydrogen) atoms. The molecule has 0 aromatic carbocycles. The van der Waals surface area contributed by atoms with E-state index in [1.807, 2.05) is 0 Å². The zero-order valence-corrected chi connectivity index (χ0v) is 22.8. The van der Waals surface area contributed by atoms with E-state index in [0.29, 0.717) is 0 Å². The van der Waals surface area contributed by atoms with E-state index in [-0.39, 0.29) is 0 Å². The Morgan fingerprint density at radius 3 is 0.677 bits per heavy atom. The summed E-state index contributed by atoms with van der Waals surface area (Å²) >= 11 is 0. The lowest BCUT2D eigenvalue weighted by molar-refractivity contribution is 0.125. The quantitative estimate of drug-likeness (QED) is 0.128. The van der Waals surface area contributed by atoms with E-state index in [0.717, 1.165) is 13.2 Å². The SMILES string of the molecule is CCCCCCCCCC.CCCCCCCCCCOCCCCCCCCCC. The summed E-state index contributed by atoms with van der Waals surface area (Å²) in [5.74, 6) is 0. The van der Waals surface area contributed by atoms with Crippen molar-refractivity contribution in [2.45, 2.75) is 182 Å². The van der Waals surface area contributed by atoms with Crippen molar-refractivity contribution in [2.24, 2.45) is 0 Å². The van der Waals surface area contributed by atoms with Crippen LogP contribution < -0.4 is 0 Å². The van der Waals surface area contributed by atoms with Crippen LogP contribution in [0.25, 0.3) is 0 Å². The molecule has 0 saturated carbocycles. The maximum atomic E-state index is 5.72. The number of hydrogen-bond donors (Lipinski definition) is 0. The highest BCUT2D eigenvalue weighted by Gasteiger charge is 1.94. The molecule has 0 amide bonds. The zero-order valence-electron chi connectivity index (χ0n) is 22.8. The average Bonchev–Trinajstić information content (AvgIpc) is 2.79. The molecule has 1 nitrogen and oxygen atoms in total. The van der Waals surface area contributed by atoms with Crippen LogP contribution >= 0.6 is 0 Å². The molecule has 0 aromatic rings. The van der Waals surface area contributed by atoms with Gasteiger partial charge in [-0.15, -0.1) is 0 Å². The van der Waals surface area contributed by atoms with Gasteiger partial charge in [-0.25, -0.2) is 0 Å². The summed E-state index contributed by atoms with van der Waals surface area (Å²) in [5.41, 5.74) is 0. The van der Waals surface area contributed by atoms with Gasteiger partial charge in [-0.05, 0) is 12.8 Å². The Labute approximate surface area is 199 Å². The van der Waals surface area contributed by atoms with Gasteiger partial charge in [0.2, 0.25) is 0 Å². The van der Waals surface area contributed by atoms with Crippen molar-refractivity contribution in [3.05, 3.63) is 0 Å². The Bertz CT molecular complexity index is 237. The Balaban J connectivity index is 0. The molecule has 0 spiro atoms. The van der Waals surface area contributed by atoms with Gasteiger partial charge in [-0.3, -0.25) is 0 Å². The fourth-order valence-electron chi connectivity index (χ4n) is 3.99. The van der Waals surface area contributed by atoms with Gasteiger partial charge < -0.3 is 4.74 Å². The number of rotatable bonds is 25. The predicted octanol–water partition coefficient (Wildman–Crippen LogP) is 11.4. The summed E-state index contributed by atoms with van der Waals surface area (Å²) in [7, 11) is 0. The van der Waals surface area contributed by atoms with Crippen molar-refractivity contribution in [2.75, 3.05) is 13.2 Å². The summed E-state index contributed by atoms with van der Waals surface area (Å²) in [6.07, 6.45) is 33.7. The van der Waals surface area contributed by atoms with Gasteiger partial charge in [-0.1, -0.05) is 169 Å². The molecule has 0 bridgehead atoms. The minimum Gasteiger partial charge on any atom is -0.381 e. The molecule has 1 heteroatoms. The maximum absolute atomic E-state index is 5.72. The van der Waals surface area contributed by atoms with Crippen LogP contribution in [0.2, 0.25) is 0 Å². The van der Waals surface area contributed by atoms with Gasteiger partial charge >= 0.3 is 0 Å². The van der Waals surface area contributed by atoms with Crippen molar-refractivity contribution >= 4 is 0 Å². The third-order valence-electron chi connectivity index (χ3n) is 6.24. The van der Waals surface area contributed by atoms with Crippen molar-refractivity contribution in [3.8, 4) is 0 Å². The Morgan fingerprint density at radius 2 is 0.452 bits per heavy atom. The van der Waals surface area contributed by atoms with Gasteiger partial charge in [0.15, 0.2) is 0 Å². The first kappa shape index (κ1) is 33.1. The largest absolute Gasteiger partial charge is 0.381 e. The van der Waals surface area contributed by atoms with Gasteiger partial charge in [0.1, 0.15) is 0 Å². The Morgan fingerprint density at radius 1 is 0.258 bits per heavy atom. The van der Waals surface area contributed by atoms with Gasteiger partial charge in [0, 0.05) is 13.2 Å². The molecule has 0 saturated heterocycles. The minimum absolute atomic E-state index is 0.992. The lowest BCUT2D eigenvalue weighted by Crippen LogP contribution is -1.97. The summed E-state index contributed by atoms with van der Waals surface area (Å²) in [6.45, 7) is 11.1. The van der Waals surface area contributed by atoms with Crippen LogP contribution in [0, 0.1) is 0 Å². The van der Waals surface area contributed by atoms with Crippen LogP contribution in [0.15, 0.2) is 0 Å². The summed E-state index contributed by atoms with van der Waals surface area (Å²) < 4.78 is 5.72. The standard InChI is InChI=1S/C20H42O.C10H22/c1-3-5-7-9-11-13-15-17-19-21-20-18-16-14-12-10-8-6-4-2;1-3-5-7-9-10-8-6-4-2/h3-20H2,1-2H3;3-10H2,1-2H3. The average molecular weight is 441 g/mol. The lowest BCUT2D eigenvalue weighted by Gasteiger charge is -2.05. The molecule has 0 aromatic heterocycles. The second-order valence-corrected chi connectivity index (χ2v) is 9.68. The molecule has 0 aliphatic heterocycles. The molecule has 0 rings (SSSR count). The van der Waals surface area contributed by atoms with Crippen LogP contribution in [0.1, 0.15) is 182 Å². The Kier molecular flexibility index (Phi) is 37.0. The number of ether oxygens (including phenoxy) is 1. The number of unbranched alkanes of at least 4 members (excludes halogenated alkanes) is 21. The normalized spacial score (nSPS) is 10.8.